The van der Waals surface area contributed by atoms with E-state index >= 15 is 0 Å². The Kier molecular flexibility index (Phi) is 5.59. The second kappa shape index (κ2) is 7.50. The minimum absolute atomic E-state index is 0.125. The van der Waals surface area contributed by atoms with Crippen LogP contribution in [0.4, 0.5) is 0 Å². The number of hydrogen-bond donors (Lipinski definition) is 1. The van der Waals surface area contributed by atoms with Crippen LogP contribution in [0.1, 0.15) is 92.4 Å². The Hall–Kier alpha value is -0.630. The van der Waals surface area contributed by atoms with Crippen LogP contribution in [0.5, 0.6) is 0 Å². The average Bonchev–Trinajstić information content (AvgIpc) is 3.10. The van der Waals surface area contributed by atoms with Crippen molar-refractivity contribution in [1.82, 2.24) is 0 Å². The quantitative estimate of drug-likeness (QED) is 0.412. The number of hydrogen-bond acceptors (Lipinski definition) is 2. The lowest BCUT2D eigenvalue weighted by atomic mass is 9.53. The van der Waals surface area contributed by atoms with Crippen LogP contribution in [0.3, 0.4) is 0 Å². The van der Waals surface area contributed by atoms with E-state index in [1.165, 1.54) is 44.9 Å². The van der Waals surface area contributed by atoms with Crippen LogP contribution in [0.25, 0.3) is 0 Å². The van der Waals surface area contributed by atoms with Crippen molar-refractivity contribution in [1.29, 1.82) is 0 Å². The largest absolute Gasteiger partial charge is 0.384 e. The van der Waals surface area contributed by atoms with Crippen LogP contribution in [-0.2, 0) is 4.79 Å². The molecule has 1 unspecified atom stereocenters. The number of aldehydes is 1. The third-order valence-electron chi connectivity index (χ3n) is 10.5. The summed E-state index contributed by atoms with van der Waals surface area (Å²) in [7, 11) is 0. The van der Waals surface area contributed by atoms with Crippen molar-refractivity contribution in [3.05, 3.63) is 12.2 Å². The number of aliphatic hydroxyl groups is 1. The predicted octanol–water partition coefficient (Wildman–Crippen LogP) is 6.42. The molecule has 3 fully saturated rings. The molecule has 0 aromatic heterocycles. The lowest BCUT2D eigenvalue weighted by molar-refractivity contribution is -0.123. The highest BCUT2D eigenvalue weighted by molar-refractivity contribution is 5.60. The van der Waals surface area contributed by atoms with E-state index in [2.05, 4.69) is 40.7 Å². The second-order valence-corrected chi connectivity index (χ2v) is 12.2. The van der Waals surface area contributed by atoms with E-state index in [9.17, 15) is 9.90 Å². The highest BCUT2D eigenvalue weighted by Gasteiger charge is 2.70. The molecule has 4 aliphatic rings. The van der Waals surface area contributed by atoms with Gasteiger partial charge >= 0.3 is 0 Å². The maximum atomic E-state index is 12.4. The van der Waals surface area contributed by atoms with Gasteiger partial charge in [-0.15, -0.1) is 0 Å². The van der Waals surface area contributed by atoms with Gasteiger partial charge in [0.15, 0.2) is 0 Å². The number of rotatable bonds is 6. The van der Waals surface area contributed by atoms with Crippen LogP contribution in [0.15, 0.2) is 12.2 Å². The molecule has 0 heterocycles. The molecule has 0 spiro atoms. The molecule has 2 nitrogen and oxygen atoms in total. The van der Waals surface area contributed by atoms with Crippen molar-refractivity contribution in [3.63, 3.8) is 0 Å². The molecule has 3 saturated carbocycles. The first kappa shape index (κ1) is 21.6. The van der Waals surface area contributed by atoms with Crippen LogP contribution in [-0.4, -0.2) is 17.0 Å². The zero-order valence-electron chi connectivity index (χ0n) is 19.5. The highest BCUT2D eigenvalue weighted by Crippen LogP contribution is 2.72. The highest BCUT2D eigenvalue weighted by atomic mass is 16.3. The van der Waals surface area contributed by atoms with Crippen molar-refractivity contribution in [2.24, 2.45) is 52.3 Å². The van der Waals surface area contributed by atoms with Crippen molar-refractivity contribution >= 4 is 6.29 Å². The number of carbonyl (C=O) groups is 1. The van der Waals surface area contributed by atoms with Gasteiger partial charge in [0.05, 0.1) is 11.5 Å². The Bertz CT molecular complexity index is 653. The normalized spacial score (nSPS) is 49.6. The van der Waals surface area contributed by atoms with Crippen molar-refractivity contribution < 1.29 is 9.90 Å². The smallest absolute Gasteiger partial charge is 0.126 e. The zero-order chi connectivity index (χ0) is 21.0. The first-order chi connectivity index (χ1) is 13.7. The molecule has 9 atom stereocenters. The standard InChI is InChI=1S/C27H44O2/c1-18(2)9-8-10-19(3)20-11-12-21-24-22(13-16-25(20,21)4)26(5)14-6-7-15-27(26,29)23(24)17-28/h7,15,17-24,29H,6,8-14,16H2,1-5H3/t19-,20-,21?,22+,23-,24+,25-,26-,27-/m1/s1. The summed E-state index contributed by atoms with van der Waals surface area (Å²) in [5, 5.41) is 11.8. The summed E-state index contributed by atoms with van der Waals surface area (Å²) in [6.45, 7) is 12.0. The van der Waals surface area contributed by atoms with Crippen molar-refractivity contribution in [2.45, 2.75) is 98.0 Å². The molecule has 2 heteroatoms. The number of allylic oxidation sites excluding steroid dienone is 1. The lowest BCUT2D eigenvalue weighted by Gasteiger charge is -2.51. The van der Waals surface area contributed by atoms with Crippen LogP contribution in [0, 0.1) is 52.3 Å². The molecular weight excluding hydrogens is 356 g/mol. The maximum Gasteiger partial charge on any atom is 0.126 e. The van der Waals surface area contributed by atoms with E-state index in [0.29, 0.717) is 23.2 Å². The first-order valence-electron chi connectivity index (χ1n) is 12.5. The fraction of sp³-hybridized carbons (Fsp3) is 0.889. The van der Waals surface area contributed by atoms with Gasteiger partial charge in [0.2, 0.25) is 0 Å². The van der Waals surface area contributed by atoms with E-state index in [-0.39, 0.29) is 11.3 Å². The summed E-state index contributed by atoms with van der Waals surface area (Å²) in [6, 6.07) is 0. The topological polar surface area (TPSA) is 37.3 Å². The molecular formula is C27H44O2. The fourth-order valence-electron chi connectivity index (χ4n) is 8.96. The maximum absolute atomic E-state index is 12.4. The Morgan fingerprint density at radius 3 is 2.52 bits per heavy atom. The molecule has 164 valence electrons. The van der Waals surface area contributed by atoms with Gasteiger partial charge in [0.1, 0.15) is 6.29 Å². The van der Waals surface area contributed by atoms with E-state index in [1.54, 1.807) is 0 Å². The van der Waals surface area contributed by atoms with Crippen molar-refractivity contribution in [3.8, 4) is 0 Å². The Labute approximate surface area is 178 Å². The molecule has 1 N–H and O–H groups in total. The minimum atomic E-state index is -0.922. The monoisotopic (exact) mass is 400 g/mol. The molecule has 0 aromatic rings. The molecule has 4 rings (SSSR count). The average molecular weight is 401 g/mol. The summed E-state index contributed by atoms with van der Waals surface area (Å²) < 4.78 is 0. The third-order valence-corrected chi connectivity index (χ3v) is 10.5. The van der Waals surface area contributed by atoms with Gasteiger partial charge in [-0.25, -0.2) is 0 Å². The fourth-order valence-corrected chi connectivity index (χ4v) is 8.96. The van der Waals surface area contributed by atoms with Gasteiger partial charge in [0.25, 0.3) is 0 Å². The zero-order valence-corrected chi connectivity index (χ0v) is 19.5. The van der Waals surface area contributed by atoms with E-state index in [0.717, 1.165) is 36.9 Å². The summed E-state index contributed by atoms with van der Waals surface area (Å²) in [4.78, 5) is 12.4. The molecule has 0 aliphatic heterocycles. The Morgan fingerprint density at radius 1 is 1.07 bits per heavy atom. The van der Waals surface area contributed by atoms with E-state index in [1.807, 2.05) is 6.08 Å². The minimum Gasteiger partial charge on any atom is -0.384 e. The molecule has 29 heavy (non-hydrogen) atoms. The van der Waals surface area contributed by atoms with Gasteiger partial charge < -0.3 is 9.90 Å². The Balaban J connectivity index is 1.59. The SMILES string of the molecule is CC(C)CCC[C@@H](C)[C@H]1CCC2[C@@H]3[C@@H](C=O)[C@]4(O)C=CCC[C@]4(C)[C@H]3CC[C@@]21C. The van der Waals surface area contributed by atoms with Crippen LogP contribution in [0.2, 0.25) is 0 Å². The molecule has 0 aromatic carbocycles. The first-order valence-corrected chi connectivity index (χ1v) is 12.5. The van der Waals surface area contributed by atoms with Gasteiger partial charge in [0, 0.05) is 5.41 Å². The molecule has 0 bridgehead atoms. The van der Waals surface area contributed by atoms with Gasteiger partial charge in [-0.1, -0.05) is 66.0 Å². The number of carbonyl (C=O) groups excluding carboxylic acids is 1. The van der Waals surface area contributed by atoms with Gasteiger partial charge in [-0.05, 0) is 79.4 Å². The van der Waals surface area contributed by atoms with E-state index < -0.39 is 5.60 Å². The molecule has 0 radical (unpaired) electrons. The summed E-state index contributed by atoms with van der Waals surface area (Å²) in [5.74, 6) is 3.63. The van der Waals surface area contributed by atoms with Crippen molar-refractivity contribution in [2.75, 3.05) is 0 Å². The Morgan fingerprint density at radius 2 is 1.83 bits per heavy atom. The lowest BCUT2D eigenvalue weighted by Crippen LogP contribution is -2.49. The molecule has 0 amide bonds. The summed E-state index contributed by atoms with van der Waals surface area (Å²) in [5.41, 5.74) is -0.696. The third kappa shape index (κ3) is 3.02. The van der Waals surface area contributed by atoms with Crippen LogP contribution >= 0.6 is 0 Å². The van der Waals surface area contributed by atoms with Crippen LogP contribution < -0.4 is 0 Å². The summed E-state index contributed by atoms with van der Waals surface area (Å²) >= 11 is 0. The molecule has 4 aliphatic carbocycles. The second-order valence-electron chi connectivity index (χ2n) is 12.2. The summed E-state index contributed by atoms with van der Waals surface area (Å²) in [6.07, 6.45) is 16.5. The predicted molar refractivity (Wildman–Crippen MR) is 119 cm³/mol. The van der Waals surface area contributed by atoms with Gasteiger partial charge in [-0.2, -0.15) is 0 Å². The number of fused-ring (bicyclic) bond motifs is 5. The molecule has 0 saturated heterocycles. The van der Waals surface area contributed by atoms with Gasteiger partial charge in [-0.3, -0.25) is 0 Å². The van der Waals surface area contributed by atoms with E-state index in [4.69, 9.17) is 0 Å².